The van der Waals surface area contributed by atoms with Crippen molar-refractivity contribution in [3.8, 4) is 17.2 Å². The number of carbonyl (C=O) groups excluding carboxylic acids is 1. The molecule has 6 nitrogen and oxygen atoms in total. The van der Waals surface area contributed by atoms with Crippen LogP contribution in [-0.2, 0) is 6.42 Å². The van der Waals surface area contributed by atoms with Crippen LogP contribution in [0, 0.1) is 0 Å². The molecule has 26 heavy (non-hydrogen) atoms. The van der Waals surface area contributed by atoms with Gasteiger partial charge in [0.15, 0.2) is 16.6 Å². The summed E-state index contributed by atoms with van der Waals surface area (Å²) in [6.45, 7) is 2.11. The summed E-state index contributed by atoms with van der Waals surface area (Å²) >= 11 is 1.44. The fourth-order valence-corrected chi connectivity index (χ4v) is 3.54. The van der Waals surface area contributed by atoms with Gasteiger partial charge in [0.2, 0.25) is 0 Å². The average Bonchev–Trinajstić information content (AvgIpc) is 3.07. The van der Waals surface area contributed by atoms with E-state index in [0.717, 1.165) is 16.6 Å². The van der Waals surface area contributed by atoms with E-state index < -0.39 is 0 Å². The monoisotopic (exact) mass is 372 g/mol. The normalized spacial score (nSPS) is 10.6. The van der Waals surface area contributed by atoms with Crippen LogP contribution in [0.2, 0.25) is 0 Å². The minimum atomic E-state index is -0.322. The predicted octanol–water partition coefficient (Wildman–Crippen LogP) is 4.14. The van der Waals surface area contributed by atoms with Gasteiger partial charge in [-0.2, -0.15) is 0 Å². The lowest BCUT2D eigenvalue weighted by atomic mass is 10.1. The molecular formula is C19H20N2O4S. The standard InChI is InChI=1S/C19H20N2O4S/c1-5-11-6-7-13-17(8-11)26-19(20-13)21-18(22)12-9-15(24-3)16(25-4)10-14(12)23-2/h6-10H,5H2,1-4H3,(H,20,21,22). The molecule has 1 N–H and O–H groups in total. The van der Waals surface area contributed by atoms with Gasteiger partial charge in [-0.15, -0.1) is 0 Å². The molecule has 0 spiro atoms. The molecule has 7 heteroatoms. The summed E-state index contributed by atoms with van der Waals surface area (Å²) in [6, 6.07) is 9.33. The van der Waals surface area contributed by atoms with E-state index in [2.05, 4.69) is 23.3 Å². The largest absolute Gasteiger partial charge is 0.496 e. The minimum Gasteiger partial charge on any atom is -0.496 e. The summed E-state index contributed by atoms with van der Waals surface area (Å²) in [4.78, 5) is 17.2. The zero-order chi connectivity index (χ0) is 18.7. The molecule has 3 aromatic rings. The molecule has 0 bridgehead atoms. The molecule has 0 radical (unpaired) electrons. The third kappa shape index (κ3) is 3.43. The Morgan fingerprint density at radius 2 is 1.73 bits per heavy atom. The molecule has 0 unspecified atom stereocenters. The van der Waals surface area contributed by atoms with Crippen molar-refractivity contribution in [3.05, 3.63) is 41.5 Å². The molecule has 0 aliphatic heterocycles. The van der Waals surface area contributed by atoms with Crippen LogP contribution in [0.25, 0.3) is 10.2 Å². The van der Waals surface area contributed by atoms with Crippen LogP contribution in [0.1, 0.15) is 22.8 Å². The Labute approximate surface area is 155 Å². The minimum absolute atomic E-state index is 0.322. The Kier molecular flexibility index (Phi) is 5.27. The van der Waals surface area contributed by atoms with E-state index in [1.807, 2.05) is 12.1 Å². The van der Waals surface area contributed by atoms with Crippen LogP contribution in [-0.4, -0.2) is 32.2 Å². The number of aryl methyl sites for hydroxylation is 1. The molecule has 1 heterocycles. The van der Waals surface area contributed by atoms with Crippen molar-refractivity contribution >= 4 is 32.6 Å². The van der Waals surface area contributed by atoms with Crippen molar-refractivity contribution in [2.24, 2.45) is 0 Å². The number of fused-ring (bicyclic) bond motifs is 1. The van der Waals surface area contributed by atoms with E-state index in [1.165, 1.54) is 38.2 Å². The third-order valence-corrected chi connectivity index (χ3v) is 4.97. The van der Waals surface area contributed by atoms with Gasteiger partial charge in [0.1, 0.15) is 5.75 Å². The number of carbonyl (C=O) groups is 1. The van der Waals surface area contributed by atoms with Gasteiger partial charge >= 0.3 is 0 Å². The number of nitrogens with one attached hydrogen (secondary N) is 1. The number of ether oxygens (including phenoxy) is 3. The van der Waals surface area contributed by atoms with Gasteiger partial charge in [-0.05, 0) is 24.1 Å². The van der Waals surface area contributed by atoms with Crippen LogP contribution in [0.4, 0.5) is 5.13 Å². The topological polar surface area (TPSA) is 69.7 Å². The van der Waals surface area contributed by atoms with Gasteiger partial charge < -0.3 is 14.2 Å². The highest BCUT2D eigenvalue weighted by molar-refractivity contribution is 7.22. The predicted molar refractivity (Wildman–Crippen MR) is 103 cm³/mol. The molecule has 0 saturated heterocycles. The van der Waals surface area contributed by atoms with E-state index in [9.17, 15) is 4.79 Å². The molecule has 0 atom stereocenters. The second kappa shape index (κ2) is 7.61. The molecule has 2 aromatic carbocycles. The number of thiazole rings is 1. The maximum Gasteiger partial charge on any atom is 0.261 e. The Morgan fingerprint density at radius 3 is 2.38 bits per heavy atom. The fourth-order valence-electron chi connectivity index (χ4n) is 2.61. The lowest BCUT2D eigenvalue weighted by molar-refractivity contribution is 0.102. The number of hydrogen-bond donors (Lipinski definition) is 1. The Balaban J connectivity index is 1.92. The molecule has 3 rings (SSSR count). The molecule has 0 aliphatic rings. The van der Waals surface area contributed by atoms with Crippen LogP contribution in [0.5, 0.6) is 17.2 Å². The Morgan fingerprint density at radius 1 is 1.04 bits per heavy atom. The smallest absolute Gasteiger partial charge is 0.261 e. The first kappa shape index (κ1) is 18.0. The zero-order valence-electron chi connectivity index (χ0n) is 15.1. The van der Waals surface area contributed by atoms with Crippen LogP contribution in [0.15, 0.2) is 30.3 Å². The highest BCUT2D eigenvalue weighted by Crippen LogP contribution is 2.35. The lowest BCUT2D eigenvalue weighted by Gasteiger charge is -2.13. The molecule has 0 aliphatic carbocycles. The molecule has 136 valence electrons. The molecule has 0 fully saturated rings. The number of aromatic nitrogens is 1. The summed E-state index contributed by atoms with van der Waals surface area (Å²) in [5.74, 6) is 1.02. The number of amides is 1. The quantitative estimate of drug-likeness (QED) is 0.704. The molecule has 1 aromatic heterocycles. The van der Waals surface area contributed by atoms with Crippen molar-refractivity contribution in [2.45, 2.75) is 13.3 Å². The number of benzene rings is 2. The van der Waals surface area contributed by atoms with Crippen LogP contribution < -0.4 is 19.5 Å². The van der Waals surface area contributed by atoms with E-state index in [4.69, 9.17) is 14.2 Å². The Hall–Kier alpha value is -2.80. The van der Waals surface area contributed by atoms with Gasteiger partial charge in [0.25, 0.3) is 5.91 Å². The van der Waals surface area contributed by atoms with Gasteiger partial charge in [0.05, 0.1) is 37.1 Å². The maximum atomic E-state index is 12.7. The highest BCUT2D eigenvalue weighted by atomic mass is 32.1. The van der Waals surface area contributed by atoms with E-state index in [-0.39, 0.29) is 5.91 Å². The third-order valence-electron chi connectivity index (χ3n) is 4.03. The van der Waals surface area contributed by atoms with Crippen molar-refractivity contribution in [1.29, 1.82) is 0 Å². The lowest BCUT2D eigenvalue weighted by Crippen LogP contribution is -2.13. The second-order valence-electron chi connectivity index (χ2n) is 5.54. The number of hydrogen-bond acceptors (Lipinski definition) is 6. The summed E-state index contributed by atoms with van der Waals surface area (Å²) in [5.41, 5.74) is 2.45. The fraction of sp³-hybridized carbons (Fsp3) is 0.263. The van der Waals surface area contributed by atoms with Gasteiger partial charge in [0, 0.05) is 12.1 Å². The summed E-state index contributed by atoms with van der Waals surface area (Å²) < 4.78 is 16.9. The van der Waals surface area contributed by atoms with Crippen molar-refractivity contribution in [2.75, 3.05) is 26.6 Å². The first-order chi connectivity index (χ1) is 12.6. The molecule has 1 amide bonds. The highest BCUT2D eigenvalue weighted by Gasteiger charge is 2.19. The average molecular weight is 372 g/mol. The number of nitrogens with zero attached hydrogens (tertiary/aromatic N) is 1. The van der Waals surface area contributed by atoms with E-state index >= 15 is 0 Å². The Bertz CT molecular complexity index is 952. The van der Waals surface area contributed by atoms with Gasteiger partial charge in [-0.25, -0.2) is 4.98 Å². The molecular weight excluding hydrogens is 352 g/mol. The van der Waals surface area contributed by atoms with Crippen molar-refractivity contribution in [3.63, 3.8) is 0 Å². The number of rotatable bonds is 6. The summed E-state index contributed by atoms with van der Waals surface area (Å²) in [7, 11) is 4.55. The first-order valence-electron chi connectivity index (χ1n) is 8.10. The van der Waals surface area contributed by atoms with E-state index in [0.29, 0.717) is 27.9 Å². The number of methoxy groups -OCH3 is 3. The first-order valence-corrected chi connectivity index (χ1v) is 8.92. The van der Waals surface area contributed by atoms with Crippen molar-refractivity contribution < 1.29 is 19.0 Å². The second-order valence-corrected chi connectivity index (χ2v) is 6.57. The maximum absolute atomic E-state index is 12.7. The SMILES string of the molecule is CCc1ccc2nc(NC(=O)c3cc(OC)c(OC)cc3OC)sc2c1. The van der Waals surface area contributed by atoms with Crippen LogP contribution >= 0.6 is 11.3 Å². The zero-order valence-corrected chi connectivity index (χ0v) is 15.9. The van der Waals surface area contributed by atoms with E-state index in [1.54, 1.807) is 12.1 Å². The van der Waals surface area contributed by atoms with Gasteiger partial charge in [-0.3, -0.25) is 10.1 Å². The van der Waals surface area contributed by atoms with Crippen LogP contribution in [0.3, 0.4) is 0 Å². The summed E-state index contributed by atoms with van der Waals surface area (Å²) in [5, 5.41) is 3.38. The van der Waals surface area contributed by atoms with Gasteiger partial charge in [-0.1, -0.05) is 24.3 Å². The number of anilines is 1. The summed E-state index contributed by atoms with van der Waals surface area (Å²) in [6.07, 6.45) is 0.957. The molecule has 0 saturated carbocycles. The van der Waals surface area contributed by atoms with Crippen molar-refractivity contribution in [1.82, 2.24) is 4.98 Å².